The largest absolute Gasteiger partial charge is 0.368 e. The van der Waals surface area contributed by atoms with Crippen molar-refractivity contribution in [3.63, 3.8) is 0 Å². The molecule has 2 N–H and O–H groups in total. The SMILES string of the molecule is CC1C=CC(c2nc(N)nc(-c3ccccc3)n2)=CC1. The maximum Gasteiger partial charge on any atom is 0.224 e. The molecule has 1 aliphatic rings. The standard InChI is InChI=1S/C16H16N4/c1-11-7-9-13(10-8-11)15-18-14(19-16(17)20-15)12-5-3-2-4-6-12/h2-7,9-11H,8H2,1H3,(H2,17,18,19,20). The summed E-state index contributed by atoms with van der Waals surface area (Å²) in [6, 6.07) is 9.80. The Hall–Kier alpha value is -2.49. The van der Waals surface area contributed by atoms with Gasteiger partial charge in [-0.05, 0) is 12.3 Å². The van der Waals surface area contributed by atoms with E-state index in [1.807, 2.05) is 30.3 Å². The van der Waals surface area contributed by atoms with E-state index in [1.54, 1.807) is 0 Å². The minimum atomic E-state index is 0.252. The number of hydrogen-bond acceptors (Lipinski definition) is 4. The van der Waals surface area contributed by atoms with E-state index < -0.39 is 0 Å². The number of nitrogens with two attached hydrogens (primary N) is 1. The van der Waals surface area contributed by atoms with Crippen LogP contribution in [0.4, 0.5) is 5.95 Å². The Morgan fingerprint density at radius 3 is 2.50 bits per heavy atom. The number of anilines is 1. The number of allylic oxidation sites excluding steroid dienone is 4. The van der Waals surface area contributed by atoms with Gasteiger partial charge in [0.25, 0.3) is 0 Å². The summed E-state index contributed by atoms with van der Waals surface area (Å²) in [5.74, 6) is 2.06. The normalized spacial score (nSPS) is 17.9. The maximum absolute atomic E-state index is 5.82. The van der Waals surface area contributed by atoms with Crippen LogP contribution in [-0.4, -0.2) is 15.0 Å². The summed E-state index contributed by atoms with van der Waals surface area (Å²) in [5, 5.41) is 0. The van der Waals surface area contributed by atoms with Crippen molar-refractivity contribution in [2.75, 3.05) is 5.73 Å². The average molecular weight is 264 g/mol. The Morgan fingerprint density at radius 2 is 1.80 bits per heavy atom. The molecule has 0 radical (unpaired) electrons. The third-order valence-electron chi connectivity index (χ3n) is 3.26. The molecule has 1 aliphatic carbocycles. The number of nitrogens with zero attached hydrogens (tertiary/aromatic N) is 3. The highest BCUT2D eigenvalue weighted by Crippen LogP contribution is 2.23. The molecule has 1 aromatic carbocycles. The second-order valence-corrected chi connectivity index (χ2v) is 4.94. The predicted molar refractivity (Wildman–Crippen MR) is 80.6 cm³/mol. The zero-order valence-corrected chi connectivity index (χ0v) is 11.3. The average Bonchev–Trinajstić information content (AvgIpc) is 2.48. The van der Waals surface area contributed by atoms with E-state index in [-0.39, 0.29) is 5.95 Å². The predicted octanol–water partition coefficient (Wildman–Crippen LogP) is 3.10. The summed E-state index contributed by atoms with van der Waals surface area (Å²) in [6.45, 7) is 2.18. The van der Waals surface area contributed by atoms with Gasteiger partial charge in [0.1, 0.15) is 0 Å². The van der Waals surface area contributed by atoms with E-state index in [4.69, 9.17) is 5.73 Å². The van der Waals surface area contributed by atoms with Crippen LogP contribution in [0, 0.1) is 5.92 Å². The first-order valence-electron chi connectivity index (χ1n) is 6.68. The summed E-state index contributed by atoms with van der Waals surface area (Å²) < 4.78 is 0. The van der Waals surface area contributed by atoms with Crippen LogP contribution in [0.15, 0.2) is 48.6 Å². The van der Waals surface area contributed by atoms with Crippen LogP contribution in [0.25, 0.3) is 17.0 Å². The van der Waals surface area contributed by atoms with Gasteiger partial charge >= 0.3 is 0 Å². The highest BCUT2D eigenvalue weighted by atomic mass is 15.1. The zero-order valence-electron chi connectivity index (χ0n) is 11.3. The first kappa shape index (κ1) is 12.5. The summed E-state index contributed by atoms with van der Waals surface area (Å²) in [4.78, 5) is 13.0. The molecule has 1 unspecified atom stereocenters. The lowest BCUT2D eigenvalue weighted by atomic mass is 9.98. The molecule has 2 aromatic rings. The van der Waals surface area contributed by atoms with Crippen molar-refractivity contribution in [1.82, 2.24) is 15.0 Å². The van der Waals surface area contributed by atoms with Gasteiger partial charge in [0.05, 0.1) is 0 Å². The van der Waals surface area contributed by atoms with E-state index in [0.29, 0.717) is 17.6 Å². The molecule has 4 nitrogen and oxygen atoms in total. The van der Waals surface area contributed by atoms with Crippen LogP contribution in [-0.2, 0) is 0 Å². The topological polar surface area (TPSA) is 64.7 Å². The van der Waals surface area contributed by atoms with Crippen LogP contribution < -0.4 is 5.73 Å². The molecule has 0 fully saturated rings. The van der Waals surface area contributed by atoms with Crippen LogP contribution in [0.5, 0.6) is 0 Å². The van der Waals surface area contributed by atoms with Gasteiger partial charge in [0.2, 0.25) is 5.95 Å². The van der Waals surface area contributed by atoms with Gasteiger partial charge in [0, 0.05) is 11.1 Å². The first-order chi connectivity index (χ1) is 9.72. The van der Waals surface area contributed by atoms with Crippen molar-refractivity contribution >= 4 is 11.5 Å². The molecule has 1 aromatic heterocycles. The summed E-state index contributed by atoms with van der Waals surface area (Å²) in [5.41, 5.74) is 7.77. The van der Waals surface area contributed by atoms with Crippen molar-refractivity contribution in [3.05, 3.63) is 54.4 Å². The van der Waals surface area contributed by atoms with Crippen LogP contribution in [0.3, 0.4) is 0 Å². The zero-order chi connectivity index (χ0) is 13.9. The van der Waals surface area contributed by atoms with Crippen molar-refractivity contribution < 1.29 is 0 Å². The lowest BCUT2D eigenvalue weighted by Crippen LogP contribution is -2.05. The minimum Gasteiger partial charge on any atom is -0.368 e. The lowest BCUT2D eigenvalue weighted by molar-refractivity contribution is 0.738. The van der Waals surface area contributed by atoms with E-state index in [1.165, 1.54) is 0 Å². The van der Waals surface area contributed by atoms with Gasteiger partial charge in [-0.1, -0.05) is 55.5 Å². The fourth-order valence-corrected chi connectivity index (χ4v) is 2.13. The van der Waals surface area contributed by atoms with Crippen molar-refractivity contribution in [2.24, 2.45) is 5.92 Å². The molecule has 0 bridgehead atoms. The summed E-state index contributed by atoms with van der Waals surface area (Å²) in [7, 11) is 0. The Labute approximate surface area is 118 Å². The number of aromatic nitrogens is 3. The number of benzene rings is 1. The van der Waals surface area contributed by atoms with Gasteiger partial charge in [-0.15, -0.1) is 0 Å². The van der Waals surface area contributed by atoms with E-state index in [9.17, 15) is 0 Å². The van der Waals surface area contributed by atoms with Gasteiger partial charge < -0.3 is 5.73 Å². The first-order valence-corrected chi connectivity index (χ1v) is 6.68. The van der Waals surface area contributed by atoms with Gasteiger partial charge in [-0.2, -0.15) is 9.97 Å². The molecule has 3 rings (SSSR count). The molecule has 100 valence electrons. The monoisotopic (exact) mass is 264 g/mol. The molecule has 0 saturated carbocycles. The third kappa shape index (κ3) is 2.59. The van der Waals surface area contributed by atoms with Crippen molar-refractivity contribution in [1.29, 1.82) is 0 Å². The maximum atomic E-state index is 5.82. The highest BCUT2D eigenvalue weighted by molar-refractivity contribution is 5.72. The van der Waals surface area contributed by atoms with Crippen LogP contribution in [0.1, 0.15) is 19.2 Å². The smallest absolute Gasteiger partial charge is 0.224 e. The van der Waals surface area contributed by atoms with Crippen LogP contribution in [0.2, 0.25) is 0 Å². The molecule has 20 heavy (non-hydrogen) atoms. The van der Waals surface area contributed by atoms with E-state index in [0.717, 1.165) is 17.6 Å². The van der Waals surface area contributed by atoms with Gasteiger partial charge in [0.15, 0.2) is 11.6 Å². The second-order valence-electron chi connectivity index (χ2n) is 4.94. The molecule has 0 spiro atoms. The minimum absolute atomic E-state index is 0.252. The van der Waals surface area contributed by atoms with Crippen molar-refractivity contribution in [3.8, 4) is 11.4 Å². The Morgan fingerprint density at radius 1 is 1.05 bits per heavy atom. The molecule has 0 saturated heterocycles. The number of nitrogen functional groups attached to an aromatic ring is 1. The number of rotatable bonds is 2. The Kier molecular flexibility index (Phi) is 3.29. The fraction of sp³-hybridized carbons (Fsp3) is 0.188. The molecule has 4 heteroatoms. The molecule has 0 aliphatic heterocycles. The fourth-order valence-electron chi connectivity index (χ4n) is 2.13. The summed E-state index contributed by atoms with van der Waals surface area (Å²) in [6.07, 6.45) is 7.36. The second kappa shape index (κ2) is 5.25. The van der Waals surface area contributed by atoms with E-state index >= 15 is 0 Å². The summed E-state index contributed by atoms with van der Waals surface area (Å²) >= 11 is 0. The van der Waals surface area contributed by atoms with Gasteiger partial charge in [-0.3, -0.25) is 0 Å². The molecule has 0 amide bonds. The van der Waals surface area contributed by atoms with Crippen LogP contribution >= 0.6 is 0 Å². The van der Waals surface area contributed by atoms with Crippen molar-refractivity contribution in [2.45, 2.75) is 13.3 Å². The Balaban J connectivity index is 2.02. The van der Waals surface area contributed by atoms with Gasteiger partial charge in [-0.25, -0.2) is 4.98 Å². The molecular formula is C16H16N4. The Bertz CT molecular complexity index is 674. The molecular weight excluding hydrogens is 248 g/mol. The quantitative estimate of drug-likeness (QED) is 0.905. The lowest BCUT2D eigenvalue weighted by Gasteiger charge is -2.11. The molecule has 1 heterocycles. The third-order valence-corrected chi connectivity index (χ3v) is 3.26. The van der Waals surface area contributed by atoms with E-state index in [2.05, 4.69) is 40.1 Å². The number of hydrogen-bond donors (Lipinski definition) is 1. The molecule has 1 atom stereocenters. The highest BCUT2D eigenvalue weighted by Gasteiger charge is 2.11.